The minimum Gasteiger partial charge on any atom is -0.371 e. The Morgan fingerprint density at radius 2 is 1.23 bits per heavy atom. The molecule has 0 aromatic carbocycles. The van der Waals surface area contributed by atoms with E-state index in [2.05, 4.69) is 58.1 Å². The third-order valence-electron chi connectivity index (χ3n) is 2.98. The number of hydrogen-bond donors (Lipinski definition) is 0. The zero-order valence-corrected chi connectivity index (χ0v) is 16.2. The molecule has 22 heavy (non-hydrogen) atoms. The van der Waals surface area contributed by atoms with Crippen molar-refractivity contribution in [3.63, 3.8) is 0 Å². The molecule has 0 aromatic heterocycles. The maximum Gasteiger partial charge on any atom is 0.530 e. The second-order valence-corrected chi connectivity index (χ2v) is 7.51. The maximum atomic E-state index is 6.45. The first kappa shape index (κ1) is 21.3. The Morgan fingerprint density at radius 1 is 0.773 bits per heavy atom. The van der Waals surface area contributed by atoms with Crippen LogP contribution in [0.15, 0.2) is 36.1 Å². The van der Waals surface area contributed by atoms with E-state index in [1.165, 1.54) is 0 Å². The lowest BCUT2D eigenvalue weighted by Gasteiger charge is -2.34. The van der Waals surface area contributed by atoms with Gasteiger partial charge in [0.1, 0.15) is 0 Å². The molecule has 0 saturated carbocycles. The van der Waals surface area contributed by atoms with Crippen LogP contribution >= 0.6 is 0 Å². The zero-order chi connectivity index (χ0) is 16.9. The monoisotopic (exact) mass is 326 g/mol. The summed E-state index contributed by atoms with van der Waals surface area (Å²) in [5.74, 6) is 0. The molecule has 0 atom stereocenters. The summed E-state index contributed by atoms with van der Waals surface area (Å²) in [7, 11) is -2.83. The molecule has 0 saturated heterocycles. The Labute approximate surface area is 138 Å². The summed E-state index contributed by atoms with van der Waals surface area (Å²) in [6, 6.07) is 0. The average Bonchev–Trinajstić information content (AvgIpc) is 2.50. The summed E-state index contributed by atoms with van der Waals surface area (Å²) >= 11 is 0. The van der Waals surface area contributed by atoms with Crippen molar-refractivity contribution in [2.75, 3.05) is 13.2 Å². The lowest BCUT2D eigenvalue weighted by Crippen LogP contribution is -2.50. The minimum absolute atomic E-state index is 0.513. The first-order chi connectivity index (χ1) is 10.5. The minimum atomic E-state index is -2.83. The zero-order valence-electron chi connectivity index (χ0n) is 15.2. The number of hydrogen-bond acceptors (Lipinski definition) is 3. The summed E-state index contributed by atoms with van der Waals surface area (Å²) < 4.78 is 18.4. The summed E-state index contributed by atoms with van der Waals surface area (Å²) in [5, 5.41) is 0. The SMILES string of the molecule is CCC=CC(C)(C=CCC)O[Si](C=CCC)(OCC)OCC. The van der Waals surface area contributed by atoms with Crippen molar-refractivity contribution >= 4 is 8.80 Å². The Kier molecular flexibility index (Phi) is 11.5. The molecule has 0 heterocycles. The van der Waals surface area contributed by atoms with Gasteiger partial charge in [-0.15, -0.1) is 0 Å². The van der Waals surface area contributed by atoms with Crippen molar-refractivity contribution in [3.05, 3.63) is 36.1 Å². The molecule has 0 unspecified atom stereocenters. The van der Waals surface area contributed by atoms with Crippen molar-refractivity contribution in [2.24, 2.45) is 0 Å². The topological polar surface area (TPSA) is 27.7 Å². The number of allylic oxidation sites excluding steroid dienone is 3. The molecule has 0 spiro atoms. The molecule has 0 radical (unpaired) electrons. The van der Waals surface area contributed by atoms with Crippen LogP contribution in [-0.2, 0) is 13.3 Å². The van der Waals surface area contributed by atoms with Crippen LogP contribution < -0.4 is 0 Å². The van der Waals surface area contributed by atoms with Gasteiger partial charge in [0.25, 0.3) is 0 Å². The van der Waals surface area contributed by atoms with Gasteiger partial charge < -0.3 is 13.3 Å². The van der Waals surface area contributed by atoms with E-state index in [1.807, 2.05) is 19.5 Å². The van der Waals surface area contributed by atoms with Crippen LogP contribution in [0.3, 0.4) is 0 Å². The molecule has 128 valence electrons. The van der Waals surface area contributed by atoms with Gasteiger partial charge in [0.2, 0.25) is 0 Å². The van der Waals surface area contributed by atoms with Gasteiger partial charge in [-0.3, -0.25) is 0 Å². The van der Waals surface area contributed by atoms with Crippen LogP contribution in [-0.4, -0.2) is 27.6 Å². The van der Waals surface area contributed by atoms with Crippen molar-refractivity contribution in [1.29, 1.82) is 0 Å². The molecule has 0 aromatic rings. The quantitative estimate of drug-likeness (QED) is 0.364. The molecule has 0 amide bonds. The summed E-state index contributed by atoms with van der Waals surface area (Å²) in [5.41, 5.74) is 1.50. The van der Waals surface area contributed by atoms with Crippen molar-refractivity contribution < 1.29 is 13.3 Å². The molecule has 0 fully saturated rings. The molecule has 3 nitrogen and oxygen atoms in total. The van der Waals surface area contributed by atoms with Crippen molar-refractivity contribution in [1.82, 2.24) is 0 Å². The highest BCUT2D eigenvalue weighted by atomic mass is 28.4. The maximum absolute atomic E-state index is 6.45. The predicted molar refractivity (Wildman–Crippen MR) is 96.8 cm³/mol. The summed E-state index contributed by atoms with van der Waals surface area (Å²) in [6.07, 6.45) is 13.4. The van der Waals surface area contributed by atoms with Gasteiger partial charge in [0.15, 0.2) is 0 Å². The van der Waals surface area contributed by atoms with E-state index in [0.29, 0.717) is 13.2 Å². The van der Waals surface area contributed by atoms with E-state index < -0.39 is 14.4 Å². The lowest BCUT2D eigenvalue weighted by atomic mass is 10.1. The van der Waals surface area contributed by atoms with Crippen LogP contribution in [0.2, 0.25) is 0 Å². The van der Waals surface area contributed by atoms with Gasteiger partial charge >= 0.3 is 8.80 Å². The van der Waals surface area contributed by atoms with E-state index in [0.717, 1.165) is 19.3 Å². The average molecular weight is 327 g/mol. The third-order valence-corrected chi connectivity index (χ3v) is 5.73. The molecular weight excluding hydrogens is 292 g/mol. The first-order valence-electron chi connectivity index (χ1n) is 8.52. The first-order valence-corrected chi connectivity index (χ1v) is 10.3. The molecular formula is C18H34O3Si. The van der Waals surface area contributed by atoms with E-state index in [9.17, 15) is 0 Å². The van der Waals surface area contributed by atoms with Gasteiger partial charge in [-0.2, -0.15) is 0 Å². The Bertz CT molecular complexity index is 341. The second-order valence-electron chi connectivity index (χ2n) is 5.19. The highest BCUT2D eigenvalue weighted by molar-refractivity contribution is 6.66. The molecule has 0 rings (SSSR count). The van der Waals surface area contributed by atoms with Crippen LogP contribution in [0.4, 0.5) is 0 Å². The van der Waals surface area contributed by atoms with Crippen LogP contribution in [0.25, 0.3) is 0 Å². The van der Waals surface area contributed by atoms with Gasteiger partial charge in [0.05, 0.1) is 5.60 Å². The van der Waals surface area contributed by atoms with Gasteiger partial charge in [-0.25, -0.2) is 0 Å². The molecule has 0 bridgehead atoms. The highest BCUT2D eigenvalue weighted by Gasteiger charge is 2.43. The molecule has 0 aliphatic carbocycles. The normalized spacial score (nSPS) is 16.1. The molecule has 0 aliphatic heterocycles. The second kappa shape index (κ2) is 11.8. The molecule has 0 N–H and O–H groups in total. The standard InChI is InChI=1S/C18H34O3Si/c1-7-12-15-18(6,16-13-8-2)21-22(19-10-4,20-11-5)17-14-9-3/h12-17H,7-11H2,1-6H3. The Hall–Kier alpha value is -0.683. The fourth-order valence-electron chi connectivity index (χ4n) is 2.03. The predicted octanol–water partition coefficient (Wildman–Crippen LogP) is 5.21. The molecule has 4 heteroatoms. The van der Waals surface area contributed by atoms with Gasteiger partial charge in [0, 0.05) is 13.2 Å². The fraction of sp³-hybridized carbons (Fsp3) is 0.667. The molecule has 0 aliphatic rings. The van der Waals surface area contributed by atoms with Crippen LogP contribution in [0.1, 0.15) is 60.8 Å². The third kappa shape index (κ3) is 8.08. The fourth-order valence-corrected chi connectivity index (χ4v) is 4.57. The van der Waals surface area contributed by atoms with Gasteiger partial charge in [-0.1, -0.05) is 51.2 Å². The van der Waals surface area contributed by atoms with E-state index in [-0.39, 0.29) is 0 Å². The van der Waals surface area contributed by atoms with E-state index in [4.69, 9.17) is 13.3 Å². The lowest BCUT2D eigenvalue weighted by molar-refractivity contribution is 0.0361. The smallest absolute Gasteiger partial charge is 0.371 e. The van der Waals surface area contributed by atoms with Gasteiger partial charge in [-0.05, 0) is 45.7 Å². The largest absolute Gasteiger partial charge is 0.530 e. The van der Waals surface area contributed by atoms with Crippen LogP contribution in [0.5, 0.6) is 0 Å². The Morgan fingerprint density at radius 3 is 1.59 bits per heavy atom. The Balaban J connectivity index is 5.53. The van der Waals surface area contributed by atoms with Crippen LogP contribution in [0, 0.1) is 0 Å². The van der Waals surface area contributed by atoms with Crippen molar-refractivity contribution in [2.45, 2.75) is 66.4 Å². The number of rotatable bonds is 12. The van der Waals surface area contributed by atoms with E-state index in [1.54, 1.807) is 0 Å². The summed E-state index contributed by atoms with van der Waals surface area (Å²) in [4.78, 5) is 0. The highest BCUT2D eigenvalue weighted by Crippen LogP contribution is 2.25. The summed E-state index contributed by atoms with van der Waals surface area (Å²) in [6.45, 7) is 13.5. The van der Waals surface area contributed by atoms with Crippen molar-refractivity contribution in [3.8, 4) is 0 Å². The van der Waals surface area contributed by atoms with E-state index >= 15 is 0 Å².